The van der Waals surface area contributed by atoms with Gasteiger partial charge in [-0.05, 0) is 24.1 Å². The van der Waals surface area contributed by atoms with E-state index in [1.54, 1.807) is 6.92 Å². The van der Waals surface area contributed by atoms with E-state index in [9.17, 15) is 5.26 Å². The Morgan fingerprint density at radius 2 is 1.70 bits per heavy atom. The molecule has 20 heavy (non-hydrogen) atoms. The van der Waals surface area contributed by atoms with E-state index in [4.69, 9.17) is 10.5 Å². The number of nitrogens with zero attached hydrogens (tertiary/aromatic N) is 3. The van der Waals surface area contributed by atoms with E-state index in [2.05, 4.69) is 5.32 Å². The molecule has 0 amide bonds. The normalized spacial score (nSPS) is 13.5. The lowest BCUT2D eigenvalue weighted by Gasteiger charge is -2.20. The van der Waals surface area contributed by atoms with Crippen molar-refractivity contribution in [2.45, 2.75) is 6.92 Å². The van der Waals surface area contributed by atoms with Crippen LogP contribution in [0.4, 0.5) is 0 Å². The Kier molecular flexibility index (Phi) is 3.66. The highest BCUT2D eigenvalue weighted by Crippen LogP contribution is 2.27. The minimum Gasteiger partial charge on any atom is -0.352 e. The van der Waals surface area contributed by atoms with Gasteiger partial charge in [-0.15, -0.1) is 0 Å². The Morgan fingerprint density at radius 3 is 2.25 bits per heavy atom. The summed E-state index contributed by atoms with van der Waals surface area (Å²) in [5, 5.41) is 30.2. The van der Waals surface area contributed by atoms with Gasteiger partial charge in [0, 0.05) is 5.70 Å². The van der Waals surface area contributed by atoms with Crippen molar-refractivity contribution in [3.05, 3.63) is 64.4 Å². The summed E-state index contributed by atoms with van der Waals surface area (Å²) in [5.74, 6) is 0. The standard InChI is InChI=1S/C16H10N4/c1-11-7-15(12-5-3-2-4-6-12)20-16(14(11)10-19)13(8-17)9-18/h2-7,20H,1H3. The molecule has 94 valence electrons. The number of rotatable bonds is 1. The van der Waals surface area contributed by atoms with Crippen LogP contribution in [-0.4, -0.2) is 0 Å². The Morgan fingerprint density at radius 1 is 1.05 bits per heavy atom. The monoisotopic (exact) mass is 258 g/mol. The van der Waals surface area contributed by atoms with Gasteiger partial charge in [-0.25, -0.2) is 0 Å². The predicted molar refractivity (Wildman–Crippen MR) is 74.1 cm³/mol. The number of nitrogens with one attached hydrogen (secondary N) is 1. The summed E-state index contributed by atoms with van der Waals surface area (Å²) in [6.45, 7) is 1.79. The molecule has 0 aliphatic carbocycles. The van der Waals surface area contributed by atoms with Gasteiger partial charge < -0.3 is 5.32 Å². The van der Waals surface area contributed by atoms with E-state index >= 15 is 0 Å². The summed E-state index contributed by atoms with van der Waals surface area (Å²) >= 11 is 0. The van der Waals surface area contributed by atoms with Crippen molar-refractivity contribution in [3.8, 4) is 18.2 Å². The van der Waals surface area contributed by atoms with Gasteiger partial charge in [-0.3, -0.25) is 0 Å². The maximum Gasteiger partial charge on any atom is 0.154 e. The average Bonchev–Trinajstić information content (AvgIpc) is 2.49. The Hall–Kier alpha value is -3.29. The molecule has 1 aromatic carbocycles. The summed E-state index contributed by atoms with van der Waals surface area (Å²) in [4.78, 5) is 0. The van der Waals surface area contributed by atoms with Crippen molar-refractivity contribution < 1.29 is 0 Å². The molecule has 0 aromatic heterocycles. The number of nitriles is 3. The summed E-state index contributed by atoms with van der Waals surface area (Å²) in [7, 11) is 0. The molecule has 2 rings (SSSR count). The summed E-state index contributed by atoms with van der Waals surface area (Å²) < 4.78 is 0. The molecule has 0 atom stereocenters. The van der Waals surface area contributed by atoms with Gasteiger partial charge in [0.25, 0.3) is 0 Å². The number of benzene rings is 1. The molecule has 1 aromatic rings. The number of hydrogen-bond donors (Lipinski definition) is 1. The first-order valence-corrected chi connectivity index (χ1v) is 5.91. The topological polar surface area (TPSA) is 83.4 Å². The fraction of sp³-hybridized carbons (Fsp3) is 0.0625. The van der Waals surface area contributed by atoms with Crippen LogP contribution in [0, 0.1) is 34.0 Å². The van der Waals surface area contributed by atoms with Gasteiger partial charge in [-0.1, -0.05) is 30.3 Å². The molecule has 0 fully saturated rings. The van der Waals surface area contributed by atoms with Crippen LogP contribution in [0.2, 0.25) is 0 Å². The molecule has 0 saturated carbocycles. The number of dihydropyridines is 1. The van der Waals surface area contributed by atoms with E-state index in [-0.39, 0.29) is 11.3 Å². The van der Waals surface area contributed by atoms with Crippen LogP contribution in [0.25, 0.3) is 5.70 Å². The first-order chi connectivity index (χ1) is 9.71. The molecule has 0 unspecified atom stereocenters. The molecule has 4 nitrogen and oxygen atoms in total. The summed E-state index contributed by atoms with van der Waals surface area (Å²) in [5.41, 5.74) is 2.92. The highest BCUT2D eigenvalue weighted by atomic mass is 14.9. The molecular formula is C16H10N4. The zero-order valence-corrected chi connectivity index (χ0v) is 10.8. The molecular weight excluding hydrogens is 248 g/mol. The molecule has 1 aliphatic rings. The Labute approximate surface area is 117 Å². The summed E-state index contributed by atoms with van der Waals surface area (Å²) in [6, 6.07) is 15.2. The van der Waals surface area contributed by atoms with Crippen LogP contribution in [0.5, 0.6) is 0 Å². The maximum absolute atomic E-state index is 9.20. The third-order valence-corrected chi connectivity index (χ3v) is 2.94. The Bertz CT molecular complexity index is 743. The first-order valence-electron chi connectivity index (χ1n) is 5.91. The van der Waals surface area contributed by atoms with Crippen LogP contribution in [0.15, 0.2) is 58.8 Å². The zero-order chi connectivity index (χ0) is 14.5. The zero-order valence-electron chi connectivity index (χ0n) is 10.8. The second-order valence-electron chi connectivity index (χ2n) is 4.19. The first kappa shape index (κ1) is 13.1. The van der Waals surface area contributed by atoms with Crippen molar-refractivity contribution in [2.24, 2.45) is 0 Å². The van der Waals surface area contributed by atoms with Gasteiger partial charge in [0.2, 0.25) is 0 Å². The van der Waals surface area contributed by atoms with E-state index in [0.29, 0.717) is 5.57 Å². The number of hydrogen-bond acceptors (Lipinski definition) is 4. The minimum atomic E-state index is -0.0950. The predicted octanol–water partition coefficient (Wildman–Crippen LogP) is 2.77. The molecule has 1 aliphatic heterocycles. The molecule has 0 bridgehead atoms. The third kappa shape index (κ3) is 2.29. The van der Waals surface area contributed by atoms with Crippen molar-refractivity contribution >= 4 is 5.70 Å². The summed E-state index contributed by atoms with van der Waals surface area (Å²) in [6.07, 6.45) is 1.84. The van der Waals surface area contributed by atoms with Crippen molar-refractivity contribution in [3.63, 3.8) is 0 Å². The molecule has 1 heterocycles. The van der Waals surface area contributed by atoms with Gasteiger partial charge in [0.15, 0.2) is 5.57 Å². The van der Waals surface area contributed by atoms with Crippen molar-refractivity contribution in [2.75, 3.05) is 0 Å². The quantitative estimate of drug-likeness (QED) is 0.785. The fourth-order valence-corrected chi connectivity index (χ4v) is 1.96. The van der Waals surface area contributed by atoms with Crippen molar-refractivity contribution in [1.29, 1.82) is 15.8 Å². The smallest absolute Gasteiger partial charge is 0.154 e. The molecule has 4 heteroatoms. The lowest BCUT2D eigenvalue weighted by molar-refractivity contribution is 1.06. The SMILES string of the molecule is CC1=C(C#N)C(=C(C#N)C#N)NC(c2ccccc2)=C1. The lowest BCUT2D eigenvalue weighted by atomic mass is 9.97. The second kappa shape index (κ2) is 5.57. The van der Waals surface area contributed by atoms with E-state index in [1.165, 1.54) is 0 Å². The van der Waals surface area contributed by atoms with Crippen LogP contribution >= 0.6 is 0 Å². The van der Waals surface area contributed by atoms with E-state index < -0.39 is 0 Å². The van der Waals surface area contributed by atoms with Crippen LogP contribution < -0.4 is 5.32 Å². The van der Waals surface area contributed by atoms with Gasteiger partial charge in [0.1, 0.15) is 18.2 Å². The Balaban J connectivity index is 2.62. The fourth-order valence-electron chi connectivity index (χ4n) is 1.96. The third-order valence-electron chi connectivity index (χ3n) is 2.94. The lowest BCUT2D eigenvalue weighted by Crippen LogP contribution is -2.19. The number of allylic oxidation sites excluding steroid dienone is 4. The van der Waals surface area contributed by atoms with Crippen LogP contribution in [0.1, 0.15) is 12.5 Å². The molecule has 0 saturated heterocycles. The maximum atomic E-state index is 9.20. The second-order valence-corrected chi connectivity index (χ2v) is 4.19. The average molecular weight is 258 g/mol. The molecule has 1 N–H and O–H groups in total. The van der Waals surface area contributed by atoms with Gasteiger partial charge in [0.05, 0.1) is 11.3 Å². The van der Waals surface area contributed by atoms with Crippen LogP contribution in [0.3, 0.4) is 0 Å². The largest absolute Gasteiger partial charge is 0.352 e. The van der Waals surface area contributed by atoms with E-state index in [0.717, 1.165) is 16.8 Å². The van der Waals surface area contributed by atoms with Gasteiger partial charge in [-0.2, -0.15) is 15.8 Å². The minimum absolute atomic E-state index is 0.0950. The highest BCUT2D eigenvalue weighted by molar-refractivity contribution is 5.75. The van der Waals surface area contributed by atoms with Gasteiger partial charge >= 0.3 is 0 Å². The highest BCUT2D eigenvalue weighted by Gasteiger charge is 2.20. The molecule has 0 spiro atoms. The van der Waals surface area contributed by atoms with E-state index in [1.807, 2.05) is 54.6 Å². The molecule has 0 radical (unpaired) electrons. The van der Waals surface area contributed by atoms with Crippen LogP contribution in [-0.2, 0) is 0 Å². The van der Waals surface area contributed by atoms with Crippen molar-refractivity contribution in [1.82, 2.24) is 5.32 Å².